The largest absolute Gasteiger partial charge is 0.394 e. The molecule has 0 saturated carbocycles. The summed E-state index contributed by atoms with van der Waals surface area (Å²) in [5.41, 5.74) is 0. The molecule has 0 saturated heterocycles. The van der Waals surface area contributed by atoms with Gasteiger partial charge in [0.05, 0.1) is 18.8 Å². The van der Waals surface area contributed by atoms with Crippen molar-refractivity contribution in [1.29, 1.82) is 0 Å². The smallest absolute Gasteiger partial charge is 0.0795 e. The first-order chi connectivity index (χ1) is 10.7. The second kappa shape index (κ2) is 20.4. The van der Waals surface area contributed by atoms with E-state index >= 15 is 0 Å². The van der Waals surface area contributed by atoms with Crippen molar-refractivity contribution in [2.24, 2.45) is 0 Å². The number of aliphatic hydroxyl groups is 3. The highest BCUT2D eigenvalue weighted by molar-refractivity contribution is 4.82. The molecule has 0 aliphatic rings. The van der Waals surface area contributed by atoms with Gasteiger partial charge >= 0.3 is 0 Å². The van der Waals surface area contributed by atoms with E-state index in [0.717, 1.165) is 32.1 Å². The lowest BCUT2D eigenvalue weighted by Gasteiger charge is -2.13. The maximum Gasteiger partial charge on any atom is 0.0795 e. The van der Waals surface area contributed by atoms with Gasteiger partial charge < -0.3 is 15.3 Å². The molecule has 0 aromatic carbocycles. The van der Waals surface area contributed by atoms with E-state index < -0.39 is 12.2 Å². The third-order valence-electron chi connectivity index (χ3n) is 3.61. The minimum Gasteiger partial charge on any atom is -0.394 e. The van der Waals surface area contributed by atoms with Gasteiger partial charge in [-0.1, -0.05) is 65.2 Å². The molecule has 0 aromatic heterocycles. The molecule has 0 aliphatic heterocycles. The van der Waals surface area contributed by atoms with E-state index in [1.807, 2.05) is 13.8 Å². The summed E-state index contributed by atoms with van der Waals surface area (Å²) in [5.74, 6) is 2.67. The van der Waals surface area contributed by atoms with Gasteiger partial charge in [0.15, 0.2) is 0 Å². The van der Waals surface area contributed by atoms with E-state index in [9.17, 15) is 10.2 Å². The van der Waals surface area contributed by atoms with Crippen LogP contribution in [0.5, 0.6) is 0 Å². The molecular formula is C19H38O3. The predicted molar refractivity (Wildman–Crippen MR) is 94.7 cm³/mol. The first-order valence-electron chi connectivity index (χ1n) is 9.11. The van der Waals surface area contributed by atoms with E-state index in [0.29, 0.717) is 0 Å². The Morgan fingerprint density at radius 3 is 1.68 bits per heavy atom. The van der Waals surface area contributed by atoms with Crippen LogP contribution in [-0.2, 0) is 0 Å². The van der Waals surface area contributed by atoms with Gasteiger partial charge in [-0.3, -0.25) is 0 Å². The fraction of sp³-hybridized carbons (Fsp3) is 0.895. The van der Waals surface area contributed by atoms with Crippen LogP contribution in [0.2, 0.25) is 0 Å². The molecule has 0 bridgehead atoms. The van der Waals surface area contributed by atoms with Crippen LogP contribution in [0.3, 0.4) is 0 Å². The second-order valence-corrected chi connectivity index (χ2v) is 5.65. The SMILES string of the molecule is C#CCCCCCCCCCCC[C@@H](O)C[C@@H](O)CO.CC. The monoisotopic (exact) mass is 314 g/mol. The first kappa shape index (κ1) is 23.7. The molecule has 0 fully saturated rings. The normalized spacial score (nSPS) is 12.9. The number of aliphatic hydroxyl groups excluding tert-OH is 3. The summed E-state index contributed by atoms with van der Waals surface area (Å²) in [4.78, 5) is 0. The Morgan fingerprint density at radius 2 is 1.23 bits per heavy atom. The molecule has 2 atom stereocenters. The van der Waals surface area contributed by atoms with E-state index in [-0.39, 0.29) is 13.0 Å². The Balaban J connectivity index is 0. The van der Waals surface area contributed by atoms with Crippen molar-refractivity contribution in [2.75, 3.05) is 6.61 Å². The van der Waals surface area contributed by atoms with Crippen molar-refractivity contribution in [1.82, 2.24) is 0 Å². The van der Waals surface area contributed by atoms with Gasteiger partial charge in [0, 0.05) is 12.8 Å². The molecule has 0 aromatic rings. The Hall–Kier alpha value is -0.560. The van der Waals surface area contributed by atoms with Crippen LogP contribution in [-0.4, -0.2) is 34.1 Å². The first-order valence-corrected chi connectivity index (χ1v) is 9.11. The number of rotatable bonds is 14. The van der Waals surface area contributed by atoms with Crippen molar-refractivity contribution in [3.05, 3.63) is 0 Å². The molecule has 0 spiro atoms. The minimum atomic E-state index is -0.778. The quantitative estimate of drug-likeness (QED) is 0.335. The van der Waals surface area contributed by atoms with Gasteiger partial charge in [0.1, 0.15) is 0 Å². The summed E-state index contributed by atoms with van der Waals surface area (Å²) in [5, 5.41) is 27.5. The highest BCUT2D eigenvalue weighted by atomic mass is 16.3. The molecule has 3 N–H and O–H groups in total. The summed E-state index contributed by atoms with van der Waals surface area (Å²) >= 11 is 0. The number of hydrogen-bond acceptors (Lipinski definition) is 3. The lowest BCUT2D eigenvalue weighted by molar-refractivity contribution is 0.0380. The van der Waals surface area contributed by atoms with Gasteiger partial charge in [-0.25, -0.2) is 0 Å². The molecule has 0 aliphatic carbocycles. The van der Waals surface area contributed by atoms with Gasteiger partial charge in [-0.15, -0.1) is 12.3 Å². The van der Waals surface area contributed by atoms with E-state index in [1.165, 1.54) is 38.5 Å². The Bertz CT molecular complexity index is 235. The zero-order chi connectivity index (χ0) is 17.1. The molecule has 0 amide bonds. The summed E-state index contributed by atoms with van der Waals surface area (Å²) < 4.78 is 0. The molecule has 0 radical (unpaired) electrons. The maximum atomic E-state index is 9.61. The van der Waals surface area contributed by atoms with Crippen molar-refractivity contribution in [3.63, 3.8) is 0 Å². The van der Waals surface area contributed by atoms with Gasteiger partial charge in [-0.2, -0.15) is 0 Å². The molecule has 22 heavy (non-hydrogen) atoms. The molecule has 0 rings (SSSR count). The summed E-state index contributed by atoms with van der Waals surface area (Å²) in [6, 6.07) is 0. The van der Waals surface area contributed by atoms with Crippen LogP contribution in [0, 0.1) is 12.3 Å². The van der Waals surface area contributed by atoms with E-state index in [2.05, 4.69) is 5.92 Å². The standard InChI is InChI=1S/C17H32O3.C2H6/c1-2-3-4-5-6-7-8-9-10-11-12-13-16(19)14-17(20)15-18;1-2/h1,16-20H,3-15H2;1-2H3/t16-,17-;/m1./s1. The van der Waals surface area contributed by atoms with Gasteiger partial charge in [-0.05, 0) is 12.8 Å². The highest BCUT2D eigenvalue weighted by Gasteiger charge is 2.10. The van der Waals surface area contributed by atoms with E-state index in [1.54, 1.807) is 0 Å². The predicted octanol–water partition coefficient (Wildman–Crippen LogP) is 4.04. The Morgan fingerprint density at radius 1 is 0.773 bits per heavy atom. The fourth-order valence-corrected chi connectivity index (χ4v) is 2.35. The van der Waals surface area contributed by atoms with Crippen LogP contribution in [0.1, 0.15) is 90.9 Å². The fourth-order valence-electron chi connectivity index (χ4n) is 2.35. The molecule has 0 heterocycles. The van der Waals surface area contributed by atoms with Gasteiger partial charge in [0.25, 0.3) is 0 Å². The zero-order valence-electron chi connectivity index (χ0n) is 14.8. The molecule has 3 nitrogen and oxygen atoms in total. The molecule has 3 heteroatoms. The van der Waals surface area contributed by atoms with Crippen LogP contribution >= 0.6 is 0 Å². The van der Waals surface area contributed by atoms with Crippen molar-refractivity contribution in [3.8, 4) is 12.3 Å². The number of hydrogen-bond donors (Lipinski definition) is 3. The molecule has 0 unspecified atom stereocenters. The van der Waals surface area contributed by atoms with Crippen LogP contribution < -0.4 is 0 Å². The van der Waals surface area contributed by atoms with Crippen molar-refractivity contribution in [2.45, 2.75) is 103 Å². The number of unbranched alkanes of at least 4 members (excludes halogenated alkanes) is 9. The summed E-state index contributed by atoms with van der Waals surface area (Å²) in [6.07, 6.45) is 16.8. The Kier molecular flexibility index (Phi) is 22.0. The topological polar surface area (TPSA) is 60.7 Å². The molecular weight excluding hydrogens is 276 g/mol. The molecule has 132 valence electrons. The highest BCUT2D eigenvalue weighted by Crippen LogP contribution is 2.13. The summed E-state index contributed by atoms with van der Waals surface area (Å²) in [6.45, 7) is 3.73. The van der Waals surface area contributed by atoms with Crippen LogP contribution in [0.4, 0.5) is 0 Å². The average molecular weight is 315 g/mol. The number of terminal acetylenes is 1. The maximum absolute atomic E-state index is 9.61. The van der Waals surface area contributed by atoms with Crippen molar-refractivity contribution < 1.29 is 15.3 Å². The zero-order valence-corrected chi connectivity index (χ0v) is 14.8. The third-order valence-corrected chi connectivity index (χ3v) is 3.61. The lowest BCUT2D eigenvalue weighted by Crippen LogP contribution is -2.20. The second-order valence-electron chi connectivity index (χ2n) is 5.65. The average Bonchev–Trinajstić information content (AvgIpc) is 2.54. The Labute approximate surface area is 138 Å². The lowest BCUT2D eigenvalue weighted by atomic mass is 10.0. The van der Waals surface area contributed by atoms with Crippen molar-refractivity contribution >= 4 is 0 Å². The summed E-state index contributed by atoms with van der Waals surface area (Å²) in [7, 11) is 0. The van der Waals surface area contributed by atoms with Gasteiger partial charge in [0.2, 0.25) is 0 Å². The third kappa shape index (κ3) is 19.4. The minimum absolute atomic E-state index is 0.265. The van der Waals surface area contributed by atoms with Crippen LogP contribution in [0.15, 0.2) is 0 Å². The van der Waals surface area contributed by atoms with E-state index in [4.69, 9.17) is 11.5 Å². The van der Waals surface area contributed by atoms with Crippen LogP contribution in [0.25, 0.3) is 0 Å².